The van der Waals surface area contributed by atoms with E-state index in [0.717, 1.165) is 11.8 Å². The molecule has 0 saturated heterocycles. The molecule has 1 unspecified atom stereocenters. The number of anilines is 1. The number of hydrogen-bond acceptors (Lipinski definition) is 4. The number of rotatable bonds is 13. The van der Waals surface area contributed by atoms with Gasteiger partial charge in [0.25, 0.3) is 0 Å². The van der Waals surface area contributed by atoms with E-state index in [4.69, 9.17) is 0 Å². The normalized spacial score (nSPS) is 12.1. The number of carbonyl (C=O) groups is 2. The van der Waals surface area contributed by atoms with E-state index in [-0.39, 0.29) is 43.8 Å². The van der Waals surface area contributed by atoms with Gasteiger partial charge in [0.1, 0.15) is 11.9 Å². The zero-order valence-corrected chi connectivity index (χ0v) is 23.4. The van der Waals surface area contributed by atoms with E-state index in [2.05, 4.69) is 5.32 Å². The minimum absolute atomic E-state index is 0.0281. The van der Waals surface area contributed by atoms with E-state index in [9.17, 15) is 22.4 Å². The molecule has 0 aliphatic carbocycles. The number of amides is 2. The summed E-state index contributed by atoms with van der Waals surface area (Å²) >= 11 is 0. The van der Waals surface area contributed by atoms with Crippen LogP contribution in [0.4, 0.5) is 10.1 Å². The van der Waals surface area contributed by atoms with Gasteiger partial charge in [-0.2, -0.15) is 0 Å². The molecule has 208 valence electrons. The second-order valence-corrected chi connectivity index (χ2v) is 11.7. The summed E-state index contributed by atoms with van der Waals surface area (Å²) < 4.78 is 39.8. The van der Waals surface area contributed by atoms with E-state index >= 15 is 0 Å². The van der Waals surface area contributed by atoms with Crippen LogP contribution in [0.5, 0.6) is 0 Å². The Morgan fingerprint density at radius 2 is 1.46 bits per heavy atom. The first-order chi connectivity index (χ1) is 18.5. The highest BCUT2D eigenvalue weighted by atomic mass is 32.2. The highest BCUT2D eigenvalue weighted by Gasteiger charge is 2.31. The smallest absolute Gasteiger partial charge is 0.243 e. The summed E-state index contributed by atoms with van der Waals surface area (Å²) in [6.07, 6.45) is 1.71. The van der Waals surface area contributed by atoms with Gasteiger partial charge in [0.15, 0.2) is 0 Å². The van der Waals surface area contributed by atoms with Crippen molar-refractivity contribution in [1.29, 1.82) is 0 Å². The molecule has 9 heteroatoms. The van der Waals surface area contributed by atoms with E-state index in [1.807, 2.05) is 44.2 Å². The predicted molar refractivity (Wildman–Crippen MR) is 152 cm³/mol. The topological polar surface area (TPSA) is 86.8 Å². The molecule has 0 fully saturated rings. The van der Waals surface area contributed by atoms with Crippen LogP contribution < -0.4 is 9.62 Å². The van der Waals surface area contributed by atoms with E-state index in [0.29, 0.717) is 17.7 Å². The average Bonchev–Trinajstić information content (AvgIpc) is 2.89. The largest absolute Gasteiger partial charge is 0.352 e. The lowest BCUT2D eigenvalue weighted by molar-refractivity contribution is -0.141. The number of nitrogens with one attached hydrogen (secondary N) is 1. The molecule has 0 aromatic heterocycles. The number of benzene rings is 3. The zero-order chi connectivity index (χ0) is 28.4. The predicted octanol–water partition coefficient (Wildman–Crippen LogP) is 4.54. The van der Waals surface area contributed by atoms with Crippen molar-refractivity contribution < 1.29 is 22.4 Å². The molecule has 0 heterocycles. The highest BCUT2D eigenvalue weighted by molar-refractivity contribution is 7.92. The van der Waals surface area contributed by atoms with Gasteiger partial charge in [-0.15, -0.1) is 0 Å². The molecule has 3 aromatic carbocycles. The molecule has 0 aliphatic rings. The number of hydrogen-bond donors (Lipinski definition) is 1. The van der Waals surface area contributed by atoms with Gasteiger partial charge in [-0.1, -0.05) is 60.7 Å². The third kappa shape index (κ3) is 9.21. The molecule has 2 amide bonds. The molecular formula is C30H36FN3O4S. The molecule has 0 aliphatic heterocycles. The summed E-state index contributed by atoms with van der Waals surface area (Å²) in [7, 11) is -3.56. The van der Waals surface area contributed by atoms with Gasteiger partial charge in [0.05, 0.1) is 11.9 Å². The second-order valence-electron chi connectivity index (χ2n) is 9.79. The fourth-order valence-corrected chi connectivity index (χ4v) is 5.28. The fourth-order valence-electron chi connectivity index (χ4n) is 4.32. The van der Waals surface area contributed by atoms with Crippen LogP contribution >= 0.6 is 0 Å². The van der Waals surface area contributed by atoms with Crippen molar-refractivity contribution in [3.8, 4) is 0 Å². The Morgan fingerprint density at radius 1 is 0.872 bits per heavy atom. The van der Waals surface area contributed by atoms with Crippen molar-refractivity contribution in [3.05, 3.63) is 102 Å². The Bertz CT molecular complexity index is 1320. The third-order valence-electron chi connectivity index (χ3n) is 6.16. The van der Waals surface area contributed by atoms with Gasteiger partial charge < -0.3 is 10.2 Å². The highest BCUT2D eigenvalue weighted by Crippen LogP contribution is 2.20. The Balaban J connectivity index is 1.87. The molecule has 7 nitrogen and oxygen atoms in total. The summed E-state index contributed by atoms with van der Waals surface area (Å²) in [4.78, 5) is 28.6. The van der Waals surface area contributed by atoms with Crippen molar-refractivity contribution in [2.75, 3.05) is 17.1 Å². The standard InChI is InChI=1S/C30H36FN3O4S/c1-23(2)32-30(36)28(21-24-11-6-4-7-12-24)33(22-25-16-18-26(31)19-17-25)29(35)15-10-20-34(39(3,37)38)27-13-8-5-9-14-27/h4-9,11-14,16-19,23,28H,10,15,20-22H2,1-3H3,(H,32,36). The summed E-state index contributed by atoms with van der Waals surface area (Å²) in [5, 5.41) is 2.93. The van der Waals surface area contributed by atoms with Crippen LogP contribution in [0.25, 0.3) is 0 Å². The molecule has 0 radical (unpaired) electrons. The molecule has 1 atom stereocenters. The Morgan fingerprint density at radius 3 is 2.03 bits per heavy atom. The minimum atomic E-state index is -3.56. The molecule has 1 N–H and O–H groups in total. The SMILES string of the molecule is CC(C)NC(=O)C(Cc1ccccc1)N(Cc1ccc(F)cc1)C(=O)CCCN(c1ccccc1)S(C)(=O)=O. The lowest BCUT2D eigenvalue weighted by Gasteiger charge is -2.32. The van der Waals surface area contributed by atoms with Crippen molar-refractivity contribution in [2.45, 2.75) is 51.7 Å². The first-order valence-electron chi connectivity index (χ1n) is 13.0. The molecule has 0 bridgehead atoms. The maximum absolute atomic E-state index is 13.7. The molecule has 0 spiro atoms. The number of para-hydroxylation sites is 1. The number of sulfonamides is 1. The van der Waals surface area contributed by atoms with Crippen LogP contribution in [-0.2, 0) is 32.6 Å². The first kappa shape index (κ1) is 29.8. The van der Waals surface area contributed by atoms with Crippen molar-refractivity contribution in [1.82, 2.24) is 10.2 Å². The maximum atomic E-state index is 13.7. The summed E-state index contributed by atoms with van der Waals surface area (Å²) in [6.45, 7) is 3.93. The van der Waals surface area contributed by atoms with Crippen LogP contribution in [0.2, 0.25) is 0 Å². The lowest BCUT2D eigenvalue weighted by atomic mass is 10.0. The second kappa shape index (κ2) is 13.9. The van der Waals surface area contributed by atoms with Gasteiger partial charge in [-0.3, -0.25) is 13.9 Å². The van der Waals surface area contributed by atoms with Crippen LogP contribution in [0.15, 0.2) is 84.9 Å². The Labute approximate surface area is 230 Å². The van der Waals surface area contributed by atoms with Crippen LogP contribution in [-0.4, -0.2) is 50.0 Å². The van der Waals surface area contributed by atoms with Gasteiger partial charge in [0, 0.05) is 32.0 Å². The number of carbonyl (C=O) groups excluding carboxylic acids is 2. The average molecular weight is 554 g/mol. The molecular weight excluding hydrogens is 517 g/mol. The van der Waals surface area contributed by atoms with Gasteiger partial charge >= 0.3 is 0 Å². The van der Waals surface area contributed by atoms with E-state index in [1.54, 1.807) is 42.5 Å². The van der Waals surface area contributed by atoms with E-state index in [1.165, 1.54) is 21.3 Å². The first-order valence-corrected chi connectivity index (χ1v) is 14.8. The number of nitrogens with zero attached hydrogens (tertiary/aromatic N) is 2. The number of halogens is 1. The van der Waals surface area contributed by atoms with Crippen molar-refractivity contribution in [3.63, 3.8) is 0 Å². The van der Waals surface area contributed by atoms with Crippen LogP contribution in [0.1, 0.15) is 37.8 Å². The van der Waals surface area contributed by atoms with E-state index < -0.39 is 21.9 Å². The fraction of sp³-hybridized carbons (Fsp3) is 0.333. The molecule has 0 saturated carbocycles. The van der Waals surface area contributed by atoms with Gasteiger partial charge in [-0.05, 0) is 55.7 Å². The van der Waals surface area contributed by atoms with Crippen molar-refractivity contribution in [2.24, 2.45) is 0 Å². The molecule has 39 heavy (non-hydrogen) atoms. The van der Waals surface area contributed by atoms with Crippen LogP contribution in [0, 0.1) is 5.82 Å². The quantitative estimate of drug-likeness (QED) is 0.337. The third-order valence-corrected chi connectivity index (χ3v) is 7.36. The molecule has 3 rings (SSSR count). The lowest BCUT2D eigenvalue weighted by Crippen LogP contribution is -2.51. The Kier molecular flexibility index (Phi) is 10.6. The minimum Gasteiger partial charge on any atom is -0.352 e. The maximum Gasteiger partial charge on any atom is 0.243 e. The summed E-state index contributed by atoms with van der Waals surface area (Å²) in [5.41, 5.74) is 2.10. The zero-order valence-electron chi connectivity index (χ0n) is 22.6. The van der Waals surface area contributed by atoms with Crippen LogP contribution in [0.3, 0.4) is 0 Å². The summed E-state index contributed by atoms with van der Waals surface area (Å²) in [5.74, 6) is -0.969. The van der Waals surface area contributed by atoms with Crippen molar-refractivity contribution >= 4 is 27.5 Å². The van der Waals surface area contributed by atoms with Gasteiger partial charge in [0.2, 0.25) is 21.8 Å². The molecule has 3 aromatic rings. The monoisotopic (exact) mass is 553 g/mol. The Hall–Kier alpha value is -3.72. The van der Waals surface area contributed by atoms with Gasteiger partial charge in [-0.25, -0.2) is 12.8 Å². The summed E-state index contributed by atoms with van der Waals surface area (Å²) in [6, 6.07) is 23.0.